The Morgan fingerprint density at radius 1 is 1.10 bits per heavy atom. The van der Waals surface area contributed by atoms with Crippen LogP contribution >= 0.6 is 23.2 Å². The summed E-state index contributed by atoms with van der Waals surface area (Å²) >= 11 is 11.4. The highest BCUT2D eigenvalue weighted by atomic mass is 35.5. The van der Waals surface area contributed by atoms with Gasteiger partial charge in [0.05, 0.1) is 10.7 Å². The molecular formula is C12H8Cl2FNO3S. The lowest BCUT2D eigenvalue weighted by atomic mass is 10.3. The number of benzene rings is 2. The number of hydrogen-bond acceptors (Lipinski definition) is 3. The molecule has 0 bridgehead atoms. The molecule has 0 amide bonds. The van der Waals surface area contributed by atoms with Gasteiger partial charge in [-0.1, -0.05) is 23.2 Å². The zero-order valence-corrected chi connectivity index (χ0v) is 12.1. The van der Waals surface area contributed by atoms with Crippen LogP contribution < -0.4 is 4.72 Å². The van der Waals surface area contributed by atoms with Crippen molar-refractivity contribution in [2.45, 2.75) is 4.90 Å². The van der Waals surface area contributed by atoms with E-state index in [0.29, 0.717) is 0 Å². The van der Waals surface area contributed by atoms with Crippen LogP contribution in [0.25, 0.3) is 0 Å². The first-order chi connectivity index (χ1) is 9.29. The summed E-state index contributed by atoms with van der Waals surface area (Å²) in [6, 6.07) is 6.81. The van der Waals surface area contributed by atoms with Crippen LogP contribution in [0.3, 0.4) is 0 Å². The van der Waals surface area contributed by atoms with Gasteiger partial charge >= 0.3 is 0 Å². The molecule has 106 valence electrons. The van der Waals surface area contributed by atoms with Gasteiger partial charge in [0.1, 0.15) is 16.5 Å². The molecular weight excluding hydrogens is 328 g/mol. The molecule has 20 heavy (non-hydrogen) atoms. The molecule has 0 unspecified atom stereocenters. The zero-order chi connectivity index (χ0) is 14.9. The summed E-state index contributed by atoms with van der Waals surface area (Å²) in [5.41, 5.74) is -0.0882. The maximum absolute atomic E-state index is 13.1. The second kappa shape index (κ2) is 5.47. The van der Waals surface area contributed by atoms with Crippen molar-refractivity contribution in [3.8, 4) is 5.75 Å². The lowest BCUT2D eigenvalue weighted by Gasteiger charge is -2.11. The van der Waals surface area contributed by atoms with Gasteiger partial charge in [-0.3, -0.25) is 4.72 Å². The summed E-state index contributed by atoms with van der Waals surface area (Å²) < 4.78 is 39.5. The monoisotopic (exact) mass is 335 g/mol. The van der Waals surface area contributed by atoms with E-state index in [4.69, 9.17) is 23.2 Å². The predicted molar refractivity (Wildman–Crippen MR) is 75.3 cm³/mol. The standard InChI is InChI=1S/C12H8Cl2FNO3S/c13-7-1-4-10(11(17)5-7)16-20(18,19)12-6-8(15)2-3-9(12)14/h1-6,16-17H. The first-order valence-corrected chi connectivity index (χ1v) is 7.50. The Labute approximate surface area is 124 Å². The second-order valence-electron chi connectivity index (χ2n) is 3.84. The smallest absolute Gasteiger partial charge is 0.263 e. The third kappa shape index (κ3) is 3.15. The lowest BCUT2D eigenvalue weighted by Crippen LogP contribution is -2.13. The van der Waals surface area contributed by atoms with Crippen molar-refractivity contribution in [2.75, 3.05) is 4.72 Å². The van der Waals surface area contributed by atoms with E-state index in [2.05, 4.69) is 4.72 Å². The fraction of sp³-hybridized carbons (Fsp3) is 0. The number of phenols is 1. The Morgan fingerprint density at radius 2 is 1.80 bits per heavy atom. The quantitative estimate of drug-likeness (QED) is 0.841. The SMILES string of the molecule is O=S(=O)(Nc1ccc(Cl)cc1O)c1cc(F)ccc1Cl. The first-order valence-electron chi connectivity index (χ1n) is 5.26. The summed E-state index contributed by atoms with van der Waals surface area (Å²) in [7, 11) is -4.13. The van der Waals surface area contributed by atoms with Crippen molar-refractivity contribution in [3.63, 3.8) is 0 Å². The van der Waals surface area contributed by atoms with E-state index in [1.54, 1.807) is 0 Å². The molecule has 2 N–H and O–H groups in total. The number of hydrogen-bond donors (Lipinski definition) is 2. The van der Waals surface area contributed by atoms with Gasteiger partial charge in [0.25, 0.3) is 10.0 Å². The number of rotatable bonds is 3. The number of nitrogens with one attached hydrogen (secondary N) is 1. The van der Waals surface area contributed by atoms with Crippen molar-refractivity contribution >= 4 is 38.9 Å². The van der Waals surface area contributed by atoms with E-state index in [9.17, 15) is 17.9 Å². The van der Waals surface area contributed by atoms with E-state index >= 15 is 0 Å². The molecule has 4 nitrogen and oxygen atoms in total. The summed E-state index contributed by atoms with van der Waals surface area (Å²) in [4.78, 5) is -0.423. The molecule has 0 saturated carbocycles. The molecule has 0 saturated heterocycles. The van der Waals surface area contributed by atoms with Crippen LogP contribution in [0.1, 0.15) is 0 Å². The molecule has 2 rings (SSSR count). The molecule has 0 atom stereocenters. The highest BCUT2D eigenvalue weighted by Gasteiger charge is 2.20. The number of phenolic OH excluding ortho intramolecular Hbond substituents is 1. The van der Waals surface area contributed by atoms with Crippen molar-refractivity contribution in [1.82, 2.24) is 0 Å². The highest BCUT2D eigenvalue weighted by Crippen LogP contribution is 2.30. The van der Waals surface area contributed by atoms with Gasteiger partial charge in [-0.25, -0.2) is 12.8 Å². The van der Waals surface area contributed by atoms with Gasteiger partial charge in [0.2, 0.25) is 0 Å². The summed E-state index contributed by atoms with van der Waals surface area (Å²) in [5.74, 6) is -1.09. The Morgan fingerprint density at radius 3 is 2.45 bits per heavy atom. The van der Waals surface area contributed by atoms with Crippen molar-refractivity contribution in [3.05, 3.63) is 52.3 Å². The molecule has 0 aliphatic heterocycles. The molecule has 0 fully saturated rings. The minimum Gasteiger partial charge on any atom is -0.506 e. The second-order valence-corrected chi connectivity index (χ2v) is 6.34. The van der Waals surface area contributed by atoms with Crippen LogP contribution in [0.2, 0.25) is 10.0 Å². The predicted octanol–water partition coefficient (Wildman–Crippen LogP) is 3.64. The Kier molecular flexibility index (Phi) is 4.08. The summed E-state index contributed by atoms with van der Waals surface area (Å²) in [5, 5.41) is 9.72. The Balaban J connectivity index is 2.43. The van der Waals surface area contributed by atoms with E-state index in [0.717, 1.165) is 18.2 Å². The molecule has 0 spiro atoms. The van der Waals surface area contributed by atoms with E-state index in [-0.39, 0.29) is 21.5 Å². The zero-order valence-electron chi connectivity index (χ0n) is 9.77. The van der Waals surface area contributed by atoms with Crippen LogP contribution in [0.5, 0.6) is 5.75 Å². The van der Waals surface area contributed by atoms with Crippen LogP contribution in [0, 0.1) is 5.82 Å². The fourth-order valence-electron chi connectivity index (χ4n) is 1.47. The van der Waals surface area contributed by atoms with Crippen molar-refractivity contribution < 1.29 is 17.9 Å². The Bertz CT molecular complexity index is 765. The van der Waals surface area contributed by atoms with Gasteiger partial charge in [-0.2, -0.15) is 0 Å². The molecule has 2 aromatic carbocycles. The molecule has 2 aromatic rings. The third-order valence-electron chi connectivity index (χ3n) is 2.39. The molecule has 0 aliphatic rings. The minimum absolute atomic E-state index is 0.0882. The van der Waals surface area contributed by atoms with Gasteiger partial charge in [-0.15, -0.1) is 0 Å². The van der Waals surface area contributed by atoms with Gasteiger partial charge in [-0.05, 0) is 30.3 Å². The maximum atomic E-state index is 13.1. The first kappa shape index (κ1) is 14.9. The topological polar surface area (TPSA) is 66.4 Å². The molecule has 0 aromatic heterocycles. The van der Waals surface area contributed by atoms with Crippen LogP contribution in [-0.4, -0.2) is 13.5 Å². The minimum atomic E-state index is -4.13. The van der Waals surface area contributed by atoms with Crippen LogP contribution in [0.15, 0.2) is 41.3 Å². The highest BCUT2D eigenvalue weighted by molar-refractivity contribution is 7.92. The average Bonchev–Trinajstić information content (AvgIpc) is 2.35. The largest absolute Gasteiger partial charge is 0.506 e. The van der Waals surface area contributed by atoms with E-state index < -0.39 is 20.7 Å². The van der Waals surface area contributed by atoms with E-state index in [1.165, 1.54) is 18.2 Å². The van der Waals surface area contributed by atoms with Crippen LogP contribution in [-0.2, 0) is 10.0 Å². The van der Waals surface area contributed by atoms with Crippen molar-refractivity contribution in [1.29, 1.82) is 0 Å². The molecule has 0 radical (unpaired) electrons. The molecule has 0 aliphatic carbocycles. The molecule has 0 heterocycles. The number of aromatic hydroxyl groups is 1. The van der Waals surface area contributed by atoms with Crippen molar-refractivity contribution in [2.24, 2.45) is 0 Å². The Hall–Kier alpha value is -1.50. The third-order valence-corrected chi connectivity index (χ3v) is 4.47. The van der Waals surface area contributed by atoms with Gasteiger partial charge in [0, 0.05) is 11.1 Å². The fourth-order valence-corrected chi connectivity index (χ4v) is 3.23. The number of sulfonamides is 1. The van der Waals surface area contributed by atoms with Gasteiger partial charge < -0.3 is 5.11 Å². The van der Waals surface area contributed by atoms with Gasteiger partial charge in [0.15, 0.2) is 0 Å². The van der Waals surface area contributed by atoms with Crippen LogP contribution in [0.4, 0.5) is 10.1 Å². The average molecular weight is 336 g/mol. The summed E-state index contributed by atoms with van der Waals surface area (Å²) in [6.07, 6.45) is 0. The maximum Gasteiger partial charge on any atom is 0.263 e. The van der Waals surface area contributed by atoms with E-state index in [1.807, 2.05) is 0 Å². The number of halogens is 3. The summed E-state index contributed by atoms with van der Waals surface area (Å²) in [6.45, 7) is 0. The number of anilines is 1. The molecule has 8 heteroatoms. The normalized spacial score (nSPS) is 11.3. The lowest BCUT2D eigenvalue weighted by molar-refractivity contribution is 0.477.